The van der Waals surface area contributed by atoms with Gasteiger partial charge in [-0.1, -0.05) is 30.3 Å². The van der Waals surface area contributed by atoms with Gasteiger partial charge in [0, 0.05) is 7.11 Å². The maximum Gasteiger partial charge on any atom is 0.345 e. The number of halogens is 2. The van der Waals surface area contributed by atoms with E-state index in [1.165, 1.54) is 7.11 Å². The average Bonchev–Trinajstić information content (AvgIpc) is 3.49. The Balaban J connectivity index is 2.14. The monoisotopic (exact) mass is 443 g/mol. The molecule has 1 saturated heterocycles. The zero-order valence-electron chi connectivity index (χ0n) is 17.3. The maximum absolute atomic E-state index is 12.9. The number of alkyl halides is 2. The first-order valence-corrected chi connectivity index (χ1v) is 9.63. The number of methoxy groups -OCH3 is 1. The van der Waals surface area contributed by atoms with Crippen molar-refractivity contribution in [3.05, 3.63) is 35.9 Å². The Labute approximate surface area is 178 Å². The highest BCUT2D eigenvalue weighted by Gasteiger charge is 2.50. The molecular weight excluding hydrogens is 416 g/mol. The summed E-state index contributed by atoms with van der Waals surface area (Å²) in [6, 6.07) is 5.32. The SMILES string of the molecule is COC[C@H](N)C(=O)N[C@@H](COC(F)F)C(=O)N[C@@H](Cc1ccccc1)C(=O)[C@@]1(C)CO1. The second-order valence-electron chi connectivity index (χ2n) is 7.35. The highest BCUT2D eigenvalue weighted by molar-refractivity contribution is 5.98. The van der Waals surface area contributed by atoms with Crippen molar-refractivity contribution < 1.29 is 37.4 Å². The summed E-state index contributed by atoms with van der Waals surface area (Å²) >= 11 is 0. The quantitative estimate of drug-likeness (QED) is 0.359. The summed E-state index contributed by atoms with van der Waals surface area (Å²) in [5, 5.41) is 4.79. The molecule has 0 spiro atoms. The van der Waals surface area contributed by atoms with E-state index in [1.54, 1.807) is 37.3 Å². The number of nitrogens with one attached hydrogen (secondary N) is 2. The number of ether oxygens (including phenoxy) is 3. The molecule has 0 bridgehead atoms. The normalized spacial score (nSPS) is 20.6. The van der Waals surface area contributed by atoms with Gasteiger partial charge in [-0.2, -0.15) is 8.78 Å². The molecule has 172 valence electrons. The first kappa shape index (κ1) is 24.8. The fourth-order valence-electron chi connectivity index (χ4n) is 2.84. The van der Waals surface area contributed by atoms with Crippen LogP contribution in [0.25, 0.3) is 0 Å². The molecule has 0 aromatic heterocycles. The summed E-state index contributed by atoms with van der Waals surface area (Å²) in [5.41, 5.74) is 5.37. The predicted molar refractivity (Wildman–Crippen MR) is 105 cm³/mol. The maximum atomic E-state index is 12.9. The van der Waals surface area contributed by atoms with E-state index in [9.17, 15) is 23.2 Å². The number of ketones is 1. The molecule has 1 aromatic rings. The van der Waals surface area contributed by atoms with Crippen molar-refractivity contribution in [2.24, 2.45) is 5.73 Å². The Kier molecular flexibility index (Phi) is 8.99. The van der Waals surface area contributed by atoms with Crippen LogP contribution in [0.1, 0.15) is 12.5 Å². The lowest BCUT2D eigenvalue weighted by molar-refractivity contribution is -0.148. The van der Waals surface area contributed by atoms with Crippen LogP contribution in [0.2, 0.25) is 0 Å². The fourth-order valence-corrected chi connectivity index (χ4v) is 2.84. The van der Waals surface area contributed by atoms with Crippen LogP contribution in [0.15, 0.2) is 30.3 Å². The molecule has 9 nitrogen and oxygen atoms in total. The highest BCUT2D eigenvalue weighted by Crippen LogP contribution is 2.29. The minimum absolute atomic E-state index is 0.138. The highest BCUT2D eigenvalue weighted by atomic mass is 19.3. The molecule has 1 aromatic carbocycles. The second kappa shape index (κ2) is 11.2. The first-order valence-electron chi connectivity index (χ1n) is 9.63. The number of carbonyl (C=O) groups is 3. The second-order valence-corrected chi connectivity index (χ2v) is 7.35. The molecule has 2 amide bonds. The number of hydrogen-bond acceptors (Lipinski definition) is 7. The van der Waals surface area contributed by atoms with Gasteiger partial charge in [0.05, 0.1) is 25.9 Å². The molecule has 1 fully saturated rings. The van der Waals surface area contributed by atoms with Crippen molar-refractivity contribution in [2.75, 3.05) is 26.9 Å². The summed E-state index contributed by atoms with van der Waals surface area (Å²) in [7, 11) is 1.33. The van der Waals surface area contributed by atoms with E-state index in [1.807, 2.05) is 0 Å². The van der Waals surface area contributed by atoms with Crippen LogP contribution in [0, 0.1) is 0 Å². The van der Waals surface area contributed by atoms with E-state index >= 15 is 0 Å². The van der Waals surface area contributed by atoms with Crippen LogP contribution in [0.4, 0.5) is 8.78 Å². The largest absolute Gasteiger partial charge is 0.383 e. The van der Waals surface area contributed by atoms with Gasteiger partial charge >= 0.3 is 6.61 Å². The van der Waals surface area contributed by atoms with Crippen LogP contribution in [-0.2, 0) is 35.0 Å². The van der Waals surface area contributed by atoms with Gasteiger partial charge in [-0.25, -0.2) is 0 Å². The van der Waals surface area contributed by atoms with Crippen LogP contribution in [0.3, 0.4) is 0 Å². The molecule has 31 heavy (non-hydrogen) atoms. The Morgan fingerprint density at radius 1 is 1.13 bits per heavy atom. The van der Waals surface area contributed by atoms with Gasteiger partial charge < -0.3 is 30.6 Å². The Morgan fingerprint density at radius 3 is 2.29 bits per heavy atom. The van der Waals surface area contributed by atoms with Crippen LogP contribution in [0.5, 0.6) is 0 Å². The number of carbonyl (C=O) groups excluding carboxylic acids is 3. The number of hydrogen-bond donors (Lipinski definition) is 3. The Hall–Kier alpha value is -2.47. The number of rotatable bonds is 13. The van der Waals surface area contributed by atoms with Crippen LogP contribution >= 0.6 is 0 Å². The van der Waals surface area contributed by atoms with Crippen molar-refractivity contribution in [3.8, 4) is 0 Å². The zero-order valence-corrected chi connectivity index (χ0v) is 17.3. The molecular formula is C20H27F2N3O6. The zero-order chi connectivity index (χ0) is 23.0. The molecule has 0 saturated carbocycles. The van der Waals surface area contributed by atoms with E-state index in [0.29, 0.717) is 0 Å². The minimum atomic E-state index is -3.15. The minimum Gasteiger partial charge on any atom is -0.383 e. The number of Topliss-reactive ketones (excluding diaryl/α,β-unsaturated/α-hetero) is 1. The molecule has 2 rings (SSSR count). The molecule has 1 aliphatic rings. The summed E-state index contributed by atoms with van der Waals surface area (Å²) in [6.07, 6.45) is 0.157. The van der Waals surface area contributed by atoms with Gasteiger partial charge in [-0.15, -0.1) is 0 Å². The molecule has 4 atom stereocenters. The van der Waals surface area contributed by atoms with E-state index in [0.717, 1.165) is 5.56 Å². The Bertz CT molecular complexity index is 761. The summed E-state index contributed by atoms with van der Waals surface area (Å²) in [5.74, 6) is -2.01. The van der Waals surface area contributed by atoms with Crippen molar-refractivity contribution in [1.29, 1.82) is 0 Å². The van der Waals surface area contributed by atoms with Gasteiger partial charge in [0.1, 0.15) is 17.7 Å². The van der Waals surface area contributed by atoms with Crippen LogP contribution < -0.4 is 16.4 Å². The van der Waals surface area contributed by atoms with Gasteiger partial charge in [0.25, 0.3) is 0 Å². The predicted octanol–water partition coefficient (Wildman–Crippen LogP) is -0.230. The molecule has 4 N–H and O–H groups in total. The van der Waals surface area contributed by atoms with E-state index in [4.69, 9.17) is 15.2 Å². The van der Waals surface area contributed by atoms with Crippen molar-refractivity contribution in [3.63, 3.8) is 0 Å². The van der Waals surface area contributed by atoms with Crippen LogP contribution in [-0.4, -0.2) is 74.9 Å². The number of amides is 2. The third kappa shape index (κ3) is 7.62. The molecule has 0 aliphatic carbocycles. The molecule has 0 unspecified atom stereocenters. The number of epoxide rings is 1. The van der Waals surface area contributed by atoms with Gasteiger partial charge in [-0.3, -0.25) is 14.4 Å². The molecule has 11 heteroatoms. The Morgan fingerprint density at radius 2 is 1.74 bits per heavy atom. The third-order valence-electron chi connectivity index (χ3n) is 4.72. The lowest BCUT2D eigenvalue weighted by atomic mass is 9.94. The lowest BCUT2D eigenvalue weighted by Gasteiger charge is -2.24. The summed E-state index contributed by atoms with van der Waals surface area (Å²) in [6.45, 7) is -2.29. The van der Waals surface area contributed by atoms with Crippen molar-refractivity contribution in [1.82, 2.24) is 10.6 Å². The molecule has 0 radical (unpaired) electrons. The fraction of sp³-hybridized carbons (Fsp3) is 0.550. The number of benzene rings is 1. The standard InChI is InChI=1S/C20H27F2N3O6/c1-20(11-31-20)16(26)14(8-12-6-4-3-5-7-12)24-18(28)15(10-30-19(21)22)25-17(27)13(23)9-29-2/h3-7,13-15,19H,8-11,23H2,1-2H3,(H,24,28)(H,25,27)/t13-,14-,15-,20+/m0/s1. The summed E-state index contributed by atoms with van der Waals surface area (Å²) < 4.78 is 39.3. The third-order valence-corrected chi connectivity index (χ3v) is 4.72. The van der Waals surface area contributed by atoms with E-state index < -0.39 is 48.8 Å². The topological polar surface area (TPSA) is 132 Å². The van der Waals surface area contributed by atoms with Gasteiger partial charge in [0.2, 0.25) is 11.8 Å². The smallest absolute Gasteiger partial charge is 0.345 e. The molecule has 1 aliphatic heterocycles. The average molecular weight is 443 g/mol. The van der Waals surface area contributed by atoms with Crippen molar-refractivity contribution in [2.45, 2.75) is 43.7 Å². The first-order chi connectivity index (χ1) is 14.7. The van der Waals surface area contributed by atoms with E-state index in [2.05, 4.69) is 15.4 Å². The van der Waals surface area contributed by atoms with Gasteiger partial charge in [0.15, 0.2) is 5.78 Å². The summed E-state index contributed by atoms with van der Waals surface area (Å²) in [4.78, 5) is 37.8. The van der Waals surface area contributed by atoms with Crippen molar-refractivity contribution >= 4 is 17.6 Å². The van der Waals surface area contributed by atoms with E-state index in [-0.39, 0.29) is 25.4 Å². The number of nitrogens with two attached hydrogens (primary N) is 1. The van der Waals surface area contributed by atoms with Gasteiger partial charge in [-0.05, 0) is 18.9 Å². The molecule has 1 heterocycles. The lowest BCUT2D eigenvalue weighted by Crippen LogP contribution is -2.58.